The Morgan fingerprint density at radius 3 is 2.72 bits per heavy atom. The van der Waals surface area contributed by atoms with Crippen molar-refractivity contribution < 1.29 is 9.18 Å². The topological polar surface area (TPSA) is 115 Å². The Labute approximate surface area is 224 Å². The molecule has 1 saturated heterocycles. The van der Waals surface area contributed by atoms with Gasteiger partial charge >= 0.3 is 0 Å². The fraction of sp³-hybridized carbons (Fsp3) is 0.345. The molecular formula is C29H29FN8O. The number of nitrogens with zero attached hydrogens (tertiary/aromatic N) is 5. The van der Waals surface area contributed by atoms with Crippen LogP contribution in [0.2, 0.25) is 0 Å². The Morgan fingerprint density at radius 2 is 1.87 bits per heavy atom. The molecular weight excluding hydrogens is 495 g/mol. The molecule has 3 N–H and O–H groups in total. The number of aromatic nitrogens is 6. The molecule has 1 aliphatic heterocycles. The molecule has 0 bridgehead atoms. The fourth-order valence-electron chi connectivity index (χ4n) is 5.93. The molecule has 1 amide bonds. The van der Waals surface area contributed by atoms with Gasteiger partial charge in [-0.15, -0.1) is 0 Å². The molecule has 0 unspecified atom stereocenters. The SMILES string of the molecule is O=C(Nc1cncc(-c2ccc3[nH]nc(-c4nc5c(N6CCCCC6)nccc5[nH]4)c3c2F)c1)C1CCCC1. The van der Waals surface area contributed by atoms with Gasteiger partial charge in [0, 0.05) is 42.5 Å². The van der Waals surface area contributed by atoms with Crippen molar-refractivity contribution in [2.24, 2.45) is 5.92 Å². The minimum absolute atomic E-state index is 0.00259. The fourth-order valence-corrected chi connectivity index (χ4v) is 5.93. The average Bonchev–Trinajstić information content (AvgIpc) is 3.73. The molecule has 0 radical (unpaired) electrons. The second kappa shape index (κ2) is 9.76. The quantitative estimate of drug-likeness (QED) is 0.267. The van der Waals surface area contributed by atoms with Gasteiger partial charge < -0.3 is 15.2 Å². The number of carbonyl (C=O) groups is 1. The minimum atomic E-state index is -0.424. The van der Waals surface area contributed by atoms with Crippen LogP contribution >= 0.6 is 0 Å². The van der Waals surface area contributed by atoms with E-state index in [0.717, 1.165) is 68.5 Å². The molecule has 2 aliphatic rings. The van der Waals surface area contributed by atoms with Crippen molar-refractivity contribution in [1.82, 2.24) is 30.1 Å². The van der Waals surface area contributed by atoms with E-state index in [9.17, 15) is 4.79 Å². The molecule has 9 nitrogen and oxygen atoms in total. The predicted octanol–water partition coefficient (Wildman–Crippen LogP) is 5.82. The third-order valence-corrected chi connectivity index (χ3v) is 7.97. The van der Waals surface area contributed by atoms with Crippen LogP contribution in [0.3, 0.4) is 0 Å². The Kier molecular flexibility index (Phi) is 5.94. The maximum Gasteiger partial charge on any atom is 0.227 e. The Morgan fingerprint density at radius 1 is 1.03 bits per heavy atom. The number of imidazole rings is 1. The number of amides is 1. The number of rotatable bonds is 5. The molecule has 0 spiro atoms. The molecule has 7 rings (SSSR count). The zero-order valence-corrected chi connectivity index (χ0v) is 21.5. The van der Waals surface area contributed by atoms with Gasteiger partial charge in [0.05, 0.1) is 28.3 Å². The standard InChI is InChI=1S/C29H29FN8O/c30-24-20(18-14-19(16-31-15-18)33-29(39)17-6-2-3-7-17)8-9-21-23(24)26(37-36-21)27-34-22-10-11-32-28(25(22)35-27)38-12-4-1-5-13-38/h8-11,14-17H,1-7,12-13H2,(H,33,39)(H,34,35)(H,36,37). The first kappa shape index (κ1) is 23.8. The average molecular weight is 525 g/mol. The lowest BCUT2D eigenvalue weighted by Gasteiger charge is -2.27. The summed E-state index contributed by atoms with van der Waals surface area (Å²) >= 11 is 0. The number of hydrogen-bond donors (Lipinski definition) is 3. The summed E-state index contributed by atoms with van der Waals surface area (Å²) in [7, 11) is 0. The van der Waals surface area contributed by atoms with Gasteiger partial charge in [0.15, 0.2) is 11.6 Å². The normalized spacial score (nSPS) is 16.4. The van der Waals surface area contributed by atoms with Gasteiger partial charge in [-0.05, 0) is 56.4 Å². The second-order valence-corrected chi connectivity index (χ2v) is 10.5. The molecule has 1 saturated carbocycles. The van der Waals surface area contributed by atoms with Gasteiger partial charge in [0.25, 0.3) is 0 Å². The summed E-state index contributed by atoms with van der Waals surface area (Å²) in [5.74, 6) is 0.937. The van der Waals surface area contributed by atoms with E-state index in [-0.39, 0.29) is 11.8 Å². The Bertz CT molecular complexity index is 1680. The van der Waals surface area contributed by atoms with Gasteiger partial charge in [0.2, 0.25) is 5.91 Å². The van der Waals surface area contributed by atoms with E-state index in [4.69, 9.17) is 4.98 Å². The monoisotopic (exact) mass is 524 g/mol. The van der Waals surface area contributed by atoms with Gasteiger partial charge in [-0.3, -0.25) is 14.9 Å². The Hall–Kier alpha value is -4.34. The minimum Gasteiger partial charge on any atom is -0.355 e. The van der Waals surface area contributed by atoms with Crippen molar-refractivity contribution in [2.45, 2.75) is 44.9 Å². The van der Waals surface area contributed by atoms with E-state index in [0.29, 0.717) is 39.2 Å². The van der Waals surface area contributed by atoms with Crippen molar-refractivity contribution in [3.8, 4) is 22.6 Å². The number of carbonyl (C=O) groups excluding carboxylic acids is 1. The molecule has 10 heteroatoms. The van der Waals surface area contributed by atoms with Gasteiger partial charge in [-0.1, -0.05) is 12.8 Å². The van der Waals surface area contributed by atoms with E-state index < -0.39 is 5.82 Å². The summed E-state index contributed by atoms with van der Waals surface area (Å²) < 4.78 is 16.2. The first-order valence-electron chi connectivity index (χ1n) is 13.7. The summed E-state index contributed by atoms with van der Waals surface area (Å²) in [5, 5.41) is 10.7. The van der Waals surface area contributed by atoms with Crippen LogP contribution in [0.5, 0.6) is 0 Å². The number of piperidine rings is 1. The third kappa shape index (κ3) is 4.29. The van der Waals surface area contributed by atoms with Crippen LogP contribution in [0, 0.1) is 11.7 Å². The van der Waals surface area contributed by atoms with Crippen molar-refractivity contribution >= 4 is 39.3 Å². The molecule has 1 aliphatic carbocycles. The number of H-pyrrole nitrogens is 2. The van der Waals surface area contributed by atoms with E-state index in [1.165, 1.54) is 6.42 Å². The smallest absolute Gasteiger partial charge is 0.227 e. The molecule has 4 aromatic heterocycles. The van der Waals surface area contributed by atoms with E-state index in [1.54, 1.807) is 36.8 Å². The van der Waals surface area contributed by atoms with Crippen LogP contribution in [-0.4, -0.2) is 49.1 Å². The maximum atomic E-state index is 16.2. The lowest BCUT2D eigenvalue weighted by Crippen LogP contribution is -2.30. The molecule has 1 aromatic carbocycles. The van der Waals surface area contributed by atoms with Crippen LogP contribution in [0.4, 0.5) is 15.9 Å². The van der Waals surface area contributed by atoms with E-state index >= 15 is 4.39 Å². The Balaban J connectivity index is 1.25. The van der Waals surface area contributed by atoms with Crippen molar-refractivity contribution in [2.75, 3.05) is 23.3 Å². The third-order valence-electron chi connectivity index (χ3n) is 7.97. The number of pyridine rings is 2. The van der Waals surface area contributed by atoms with E-state index in [2.05, 4.69) is 35.4 Å². The molecule has 5 aromatic rings. The number of halogens is 1. The van der Waals surface area contributed by atoms with Crippen LogP contribution in [0.25, 0.3) is 44.6 Å². The maximum absolute atomic E-state index is 16.2. The molecule has 198 valence electrons. The lowest BCUT2D eigenvalue weighted by atomic mass is 10.0. The molecule has 2 fully saturated rings. The first-order valence-corrected chi connectivity index (χ1v) is 13.7. The molecule has 5 heterocycles. The van der Waals surface area contributed by atoms with E-state index in [1.807, 2.05) is 6.07 Å². The highest BCUT2D eigenvalue weighted by molar-refractivity contribution is 5.98. The summed E-state index contributed by atoms with van der Waals surface area (Å²) in [6.45, 7) is 1.90. The molecule has 0 atom stereocenters. The highest BCUT2D eigenvalue weighted by atomic mass is 19.1. The number of nitrogens with one attached hydrogen (secondary N) is 3. The summed E-state index contributed by atoms with van der Waals surface area (Å²) in [5.41, 5.74) is 4.09. The number of aromatic amines is 2. The summed E-state index contributed by atoms with van der Waals surface area (Å²) in [4.78, 5) is 32.0. The number of benzene rings is 1. The highest BCUT2D eigenvalue weighted by Gasteiger charge is 2.24. The first-order chi connectivity index (χ1) is 19.2. The number of anilines is 2. The largest absolute Gasteiger partial charge is 0.355 e. The van der Waals surface area contributed by atoms with Gasteiger partial charge in [0.1, 0.15) is 17.0 Å². The van der Waals surface area contributed by atoms with Crippen LogP contribution in [0.1, 0.15) is 44.9 Å². The van der Waals surface area contributed by atoms with Crippen molar-refractivity contribution in [3.63, 3.8) is 0 Å². The van der Waals surface area contributed by atoms with Gasteiger partial charge in [-0.25, -0.2) is 14.4 Å². The predicted molar refractivity (Wildman–Crippen MR) is 149 cm³/mol. The van der Waals surface area contributed by atoms with Crippen molar-refractivity contribution in [1.29, 1.82) is 0 Å². The summed E-state index contributed by atoms with van der Waals surface area (Å²) in [6.07, 6.45) is 12.4. The number of fused-ring (bicyclic) bond motifs is 2. The van der Waals surface area contributed by atoms with Crippen LogP contribution in [0.15, 0.2) is 42.9 Å². The second-order valence-electron chi connectivity index (χ2n) is 10.5. The van der Waals surface area contributed by atoms with Crippen LogP contribution < -0.4 is 10.2 Å². The number of hydrogen-bond acceptors (Lipinski definition) is 6. The summed E-state index contributed by atoms with van der Waals surface area (Å²) in [6, 6.07) is 7.15. The molecule has 39 heavy (non-hydrogen) atoms. The lowest BCUT2D eigenvalue weighted by molar-refractivity contribution is -0.119. The van der Waals surface area contributed by atoms with Crippen molar-refractivity contribution in [3.05, 3.63) is 48.7 Å². The zero-order valence-electron chi connectivity index (χ0n) is 21.5. The zero-order chi connectivity index (χ0) is 26.3. The van der Waals surface area contributed by atoms with Gasteiger partial charge in [-0.2, -0.15) is 5.10 Å². The highest BCUT2D eigenvalue weighted by Crippen LogP contribution is 2.35. The van der Waals surface area contributed by atoms with Crippen LogP contribution in [-0.2, 0) is 4.79 Å².